The summed E-state index contributed by atoms with van der Waals surface area (Å²) in [6.07, 6.45) is 2.49. The van der Waals surface area contributed by atoms with Crippen LogP contribution in [0.4, 0.5) is 0 Å². The number of benzene rings is 1. The average molecular weight is 367 g/mol. The van der Waals surface area contributed by atoms with Crippen LogP contribution >= 0.6 is 12.4 Å². The van der Waals surface area contributed by atoms with Crippen molar-refractivity contribution in [3.8, 4) is 0 Å². The first-order valence-electron chi connectivity index (χ1n) is 8.68. The van der Waals surface area contributed by atoms with Gasteiger partial charge < -0.3 is 10.2 Å². The van der Waals surface area contributed by atoms with Gasteiger partial charge in [-0.3, -0.25) is 13.9 Å². The number of nitrogens with zero attached hydrogens (tertiary/aromatic N) is 3. The highest BCUT2D eigenvalue weighted by molar-refractivity contribution is 5.85. The van der Waals surface area contributed by atoms with Crippen molar-refractivity contribution >= 4 is 29.3 Å². The molecule has 7 heteroatoms. The summed E-state index contributed by atoms with van der Waals surface area (Å²) < 4.78 is 3.35. The standard InChI is InChI=1S/C18H26N4O2.ClH/c1-19-13-14-7-10-21(11-8-14)17(23)9-12-22-16-6-4-3-5-15(16)20(2)18(22)24;/h3-6,14,19H,7-13H2,1-2H3;1H. The van der Waals surface area contributed by atoms with E-state index >= 15 is 0 Å². The SMILES string of the molecule is CNCC1CCN(C(=O)CCn2c(=O)n(C)c3ccccc32)CC1.Cl. The maximum Gasteiger partial charge on any atom is 0.328 e. The van der Waals surface area contributed by atoms with Crippen LogP contribution in [-0.4, -0.2) is 46.6 Å². The van der Waals surface area contributed by atoms with E-state index in [1.54, 1.807) is 16.2 Å². The highest BCUT2D eigenvalue weighted by Gasteiger charge is 2.22. The molecule has 1 aliphatic rings. The number of imidazole rings is 1. The molecule has 3 rings (SSSR count). The summed E-state index contributed by atoms with van der Waals surface area (Å²) in [5, 5.41) is 3.21. The molecule has 0 aliphatic carbocycles. The maximum atomic E-state index is 12.5. The van der Waals surface area contributed by atoms with Crippen LogP contribution in [-0.2, 0) is 18.4 Å². The lowest BCUT2D eigenvalue weighted by atomic mass is 9.96. The molecule has 0 unspecified atom stereocenters. The molecule has 1 aromatic carbocycles. The minimum atomic E-state index is -0.0586. The van der Waals surface area contributed by atoms with Crippen LogP contribution in [0.2, 0.25) is 0 Å². The van der Waals surface area contributed by atoms with E-state index in [1.165, 1.54) is 0 Å². The summed E-state index contributed by atoms with van der Waals surface area (Å²) in [7, 11) is 3.75. The lowest BCUT2D eigenvalue weighted by molar-refractivity contribution is -0.132. The molecule has 1 aliphatic heterocycles. The zero-order valence-corrected chi connectivity index (χ0v) is 15.7. The van der Waals surface area contributed by atoms with Gasteiger partial charge in [-0.1, -0.05) is 12.1 Å². The van der Waals surface area contributed by atoms with E-state index in [9.17, 15) is 9.59 Å². The molecule has 2 aromatic rings. The Labute approximate surface area is 154 Å². The Morgan fingerprint density at radius 2 is 1.84 bits per heavy atom. The monoisotopic (exact) mass is 366 g/mol. The Morgan fingerprint density at radius 1 is 1.20 bits per heavy atom. The third-order valence-electron chi connectivity index (χ3n) is 5.06. The molecule has 0 bridgehead atoms. The van der Waals surface area contributed by atoms with Gasteiger partial charge in [0.25, 0.3) is 0 Å². The molecule has 1 N–H and O–H groups in total. The maximum absolute atomic E-state index is 12.5. The molecule has 1 saturated heterocycles. The summed E-state index contributed by atoms with van der Waals surface area (Å²) in [5.41, 5.74) is 1.74. The normalized spacial score (nSPS) is 15.4. The van der Waals surface area contributed by atoms with Crippen LogP contribution in [0, 0.1) is 5.92 Å². The summed E-state index contributed by atoms with van der Waals surface area (Å²) >= 11 is 0. The number of nitrogens with one attached hydrogen (secondary N) is 1. The number of aromatic nitrogens is 2. The molecule has 0 radical (unpaired) electrons. The number of aryl methyl sites for hydroxylation is 2. The lowest BCUT2D eigenvalue weighted by Crippen LogP contribution is -2.41. The number of piperidine rings is 1. The first-order valence-corrected chi connectivity index (χ1v) is 8.68. The second-order valence-corrected chi connectivity index (χ2v) is 6.61. The number of carbonyl (C=O) groups is 1. The first-order chi connectivity index (χ1) is 11.6. The Hall–Kier alpha value is -1.79. The number of para-hydroxylation sites is 2. The van der Waals surface area contributed by atoms with Crippen molar-refractivity contribution in [3.63, 3.8) is 0 Å². The number of likely N-dealkylation sites (tertiary alicyclic amines) is 1. The largest absolute Gasteiger partial charge is 0.343 e. The molecule has 25 heavy (non-hydrogen) atoms. The molecule has 2 heterocycles. The van der Waals surface area contributed by atoms with Crippen molar-refractivity contribution in [2.75, 3.05) is 26.7 Å². The molecule has 1 aromatic heterocycles. The van der Waals surface area contributed by atoms with Gasteiger partial charge in [0, 0.05) is 33.1 Å². The fourth-order valence-corrected chi connectivity index (χ4v) is 3.62. The van der Waals surface area contributed by atoms with Crippen LogP contribution in [0.5, 0.6) is 0 Å². The molecule has 0 atom stereocenters. The number of amides is 1. The average Bonchev–Trinajstić information content (AvgIpc) is 2.85. The fraction of sp³-hybridized carbons (Fsp3) is 0.556. The molecule has 138 valence electrons. The van der Waals surface area contributed by atoms with Gasteiger partial charge in [-0.25, -0.2) is 4.79 Å². The zero-order chi connectivity index (χ0) is 17.1. The van der Waals surface area contributed by atoms with Crippen LogP contribution in [0.1, 0.15) is 19.3 Å². The van der Waals surface area contributed by atoms with Gasteiger partial charge in [0.1, 0.15) is 0 Å². The molecule has 0 saturated carbocycles. The minimum Gasteiger partial charge on any atom is -0.343 e. The van der Waals surface area contributed by atoms with Crippen molar-refractivity contribution < 1.29 is 4.79 Å². The van der Waals surface area contributed by atoms with E-state index < -0.39 is 0 Å². The second-order valence-electron chi connectivity index (χ2n) is 6.61. The number of halogens is 1. The zero-order valence-electron chi connectivity index (χ0n) is 14.9. The van der Waals surface area contributed by atoms with E-state index in [2.05, 4.69) is 5.32 Å². The Kier molecular flexibility index (Phi) is 6.67. The predicted molar refractivity (Wildman–Crippen MR) is 102 cm³/mol. The summed E-state index contributed by atoms with van der Waals surface area (Å²) in [5.74, 6) is 0.817. The number of fused-ring (bicyclic) bond motifs is 1. The third kappa shape index (κ3) is 4.07. The van der Waals surface area contributed by atoms with Crippen molar-refractivity contribution in [3.05, 3.63) is 34.7 Å². The van der Waals surface area contributed by atoms with E-state index in [0.29, 0.717) is 18.9 Å². The van der Waals surface area contributed by atoms with Crippen molar-refractivity contribution in [1.82, 2.24) is 19.4 Å². The first kappa shape index (κ1) is 19.5. The predicted octanol–water partition coefficient (Wildman–Crippen LogP) is 1.61. The smallest absolute Gasteiger partial charge is 0.328 e. The molecular weight excluding hydrogens is 340 g/mol. The lowest BCUT2D eigenvalue weighted by Gasteiger charge is -2.32. The molecule has 1 fully saturated rings. The van der Waals surface area contributed by atoms with E-state index in [4.69, 9.17) is 0 Å². The molecule has 0 spiro atoms. The van der Waals surface area contributed by atoms with Gasteiger partial charge in [-0.2, -0.15) is 0 Å². The number of carbonyl (C=O) groups excluding carboxylic acids is 1. The molecule has 1 amide bonds. The van der Waals surface area contributed by atoms with Gasteiger partial charge in [0.05, 0.1) is 11.0 Å². The van der Waals surface area contributed by atoms with Crippen molar-refractivity contribution in [2.45, 2.75) is 25.8 Å². The van der Waals surface area contributed by atoms with Crippen molar-refractivity contribution in [2.24, 2.45) is 13.0 Å². The topological polar surface area (TPSA) is 59.3 Å². The van der Waals surface area contributed by atoms with Gasteiger partial charge in [-0.05, 0) is 44.5 Å². The number of hydrogen-bond acceptors (Lipinski definition) is 3. The third-order valence-corrected chi connectivity index (χ3v) is 5.06. The fourth-order valence-electron chi connectivity index (χ4n) is 3.62. The van der Waals surface area contributed by atoms with Crippen LogP contribution < -0.4 is 11.0 Å². The van der Waals surface area contributed by atoms with Crippen molar-refractivity contribution in [1.29, 1.82) is 0 Å². The Balaban J connectivity index is 0.00000225. The Bertz CT molecular complexity index is 775. The van der Waals surface area contributed by atoms with Gasteiger partial charge >= 0.3 is 5.69 Å². The molecular formula is C18H27ClN4O2. The number of hydrogen-bond donors (Lipinski definition) is 1. The summed E-state index contributed by atoms with van der Waals surface area (Å²) in [4.78, 5) is 26.8. The van der Waals surface area contributed by atoms with E-state index in [1.807, 2.05) is 36.2 Å². The van der Waals surface area contributed by atoms with Gasteiger partial charge in [-0.15, -0.1) is 12.4 Å². The van der Waals surface area contributed by atoms with E-state index in [0.717, 1.165) is 43.5 Å². The number of rotatable bonds is 5. The van der Waals surface area contributed by atoms with E-state index in [-0.39, 0.29) is 24.0 Å². The van der Waals surface area contributed by atoms with Crippen LogP contribution in [0.3, 0.4) is 0 Å². The van der Waals surface area contributed by atoms with Crippen LogP contribution in [0.25, 0.3) is 11.0 Å². The van der Waals surface area contributed by atoms with Gasteiger partial charge in [0.15, 0.2) is 0 Å². The summed E-state index contributed by atoms with van der Waals surface area (Å²) in [6, 6.07) is 7.71. The quantitative estimate of drug-likeness (QED) is 0.874. The molecule has 6 nitrogen and oxygen atoms in total. The summed E-state index contributed by atoms with van der Waals surface area (Å²) in [6.45, 7) is 3.12. The highest BCUT2D eigenvalue weighted by Crippen LogP contribution is 2.17. The minimum absolute atomic E-state index is 0. The van der Waals surface area contributed by atoms with Gasteiger partial charge in [0.2, 0.25) is 5.91 Å². The second kappa shape index (κ2) is 8.54. The van der Waals surface area contributed by atoms with Crippen LogP contribution in [0.15, 0.2) is 29.1 Å². The Morgan fingerprint density at radius 3 is 2.48 bits per heavy atom. The highest BCUT2D eigenvalue weighted by atomic mass is 35.5.